The number of halogens is 5. The van der Waals surface area contributed by atoms with Crippen molar-refractivity contribution < 1.29 is 44.4 Å². The van der Waals surface area contributed by atoms with Gasteiger partial charge in [-0.05, 0) is 71.6 Å². The molecule has 0 spiro atoms. The number of alkyl halides is 3. The van der Waals surface area contributed by atoms with Crippen LogP contribution in [-0.2, 0) is 16.2 Å². The number of nitrogens with one attached hydrogen (secondary N) is 1. The van der Waals surface area contributed by atoms with Crippen molar-refractivity contribution >= 4 is 15.7 Å². The van der Waals surface area contributed by atoms with Crippen molar-refractivity contribution in [1.29, 1.82) is 0 Å². The van der Waals surface area contributed by atoms with E-state index in [9.17, 15) is 35.2 Å². The molecule has 216 valence electrons. The van der Waals surface area contributed by atoms with E-state index < -0.39 is 50.2 Å². The highest BCUT2D eigenvalue weighted by Crippen LogP contribution is 2.41. The van der Waals surface area contributed by atoms with Crippen molar-refractivity contribution in [2.45, 2.75) is 30.0 Å². The maximum absolute atomic E-state index is 13.9. The summed E-state index contributed by atoms with van der Waals surface area (Å²) in [6.45, 7) is -0.229. The minimum absolute atomic E-state index is 0.0164. The number of ether oxygens (including phenoxy) is 2. The minimum atomic E-state index is -4.78. The van der Waals surface area contributed by atoms with E-state index in [1.165, 1.54) is 18.2 Å². The summed E-state index contributed by atoms with van der Waals surface area (Å²) in [5.41, 5.74) is -0.789. The Labute approximate surface area is 229 Å². The summed E-state index contributed by atoms with van der Waals surface area (Å²) in [6.07, 6.45) is -4.97. The number of nitrogens with zero attached hydrogens (tertiary/aromatic N) is 2. The van der Waals surface area contributed by atoms with Crippen molar-refractivity contribution in [3.8, 4) is 22.9 Å². The predicted molar refractivity (Wildman–Crippen MR) is 134 cm³/mol. The first-order valence-electron chi connectivity index (χ1n) is 12.1. The van der Waals surface area contributed by atoms with Gasteiger partial charge in [0.2, 0.25) is 0 Å². The Morgan fingerprint density at radius 2 is 1.78 bits per heavy atom. The third kappa shape index (κ3) is 6.19. The summed E-state index contributed by atoms with van der Waals surface area (Å²) in [7, 11) is -4.57. The van der Waals surface area contributed by atoms with Crippen LogP contribution in [0.15, 0.2) is 74.9 Å². The van der Waals surface area contributed by atoms with Crippen molar-refractivity contribution in [2.75, 3.05) is 17.5 Å². The molecule has 1 atom stereocenters. The number of aromatic nitrogens is 2. The van der Waals surface area contributed by atoms with Gasteiger partial charge in [-0.15, -0.1) is 0 Å². The molecule has 3 aromatic carbocycles. The van der Waals surface area contributed by atoms with E-state index in [4.69, 9.17) is 9.47 Å². The molecular weight excluding hydrogens is 577 g/mol. The SMILES string of the molecule is O=c1[nH]c(OCCC[C@H]2CN(S(=O)(=O)c3cccc(C(F)(F)F)c3)c3cc(-c4cc(F)cc(F)c4)ccc3O2)no1. The minimum Gasteiger partial charge on any atom is -0.486 e. The molecule has 0 bridgehead atoms. The zero-order valence-electron chi connectivity index (χ0n) is 20.8. The lowest BCUT2D eigenvalue weighted by Gasteiger charge is -2.36. The first-order valence-corrected chi connectivity index (χ1v) is 13.5. The number of hydrogen-bond acceptors (Lipinski definition) is 7. The number of benzene rings is 3. The fourth-order valence-corrected chi connectivity index (χ4v) is 5.85. The number of sulfonamides is 1. The number of H-pyrrole nitrogens is 1. The maximum atomic E-state index is 13.9. The van der Waals surface area contributed by atoms with E-state index in [0.717, 1.165) is 34.6 Å². The van der Waals surface area contributed by atoms with Gasteiger partial charge in [0.05, 0.1) is 29.3 Å². The van der Waals surface area contributed by atoms with E-state index in [2.05, 4.69) is 14.7 Å². The molecule has 1 aliphatic heterocycles. The van der Waals surface area contributed by atoms with Crippen LogP contribution in [0.2, 0.25) is 0 Å². The lowest BCUT2D eigenvalue weighted by Crippen LogP contribution is -2.43. The Bertz CT molecular complexity index is 1720. The van der Waals surface area contributed by atoms with Gasteiger partial charge in [0.25, 0.3) is 10.0 Å². The molecule has 1 N–H and O–H groups in total. The van der Waals surface area contributed by atoms with Crippen LogP contribution >= 0.6 is 0 Å². The summed E-state index contributed by atoms with van der Waals surface area (Å²) in [5.74, 6) is -2.40. The highest BCUT2D eigenvalue weighted by Gasteiger charge is 2.37. The van der Waals surface area contributed by atoms with Gasteiger partial charge < -0.3 is 9.47 Å². The number of aromatic amines is 1. The Morgan fingerprint density at radius 1 is 1.02 bits per heavy atom. The molecular formula is C26H20F5N3O6S. The van der Waals surface area contributed by atoms with Crippen LogP contribution < -0.4 is 19.5 Å². The summed E-state index contributed by atoms with van der Waals surface area (Å²) in [5, 5.41) is 3.37. The van der Waals surface area contributed by atoms with Gasteiger partial charge in [-0.3, -0.25) is 8.83 Å². The molecule has 0 aliphatic carbocycles. The highest BCUT2D eigenvalue weighted by atomic mass is 32.2. The summed E-state index contributed by atoms with van der Waals surface area (Å²) < 4.78 is 112. The van der Waals surface area contributed by atoms with Crippen LogP contribution in [-0.4, -0.2) is 37.8 Å². The van der Waals surface area contributed by atoms with Crippen LogP contribution in [0, 0.1) is 11.6 Å². The summed E-state index contributed by atoms with van der Waals surface area (Å²) in [4.78, 5) is 12.6. The first-order chi connectivity index (χ1) is 19.4. The van der Waals surface area contributed by atoms with Gasteiger partial charge in [0.15, 0.2) is 0 Å². The highest BCUT2D eigenvalue weighted by molar-refractivity contribution is 7.92. The van der Waals surface area contributed by atoms with E-state index in [-0.39, 0.29) is 48.1 Å². The van der Waals surface area contributed by atoms with Crippen LogP contribution in [0.3, 0.4) is 0 Å². The van der Waals surface area contributed by atoms with Crippen LogP contribution in [0.4, 0.5) is 27.6 Å². The van der Waals surface area contributed by atoms with E-state index in [1.807, 2.05) is 0 Å². The lowest BCUT2D eigenvalue weighted by atomic mass is 10.0. The second-order valence-corrected chi connectivity index (χ2v) is 10.9. The second kappa shape index (κ2) is 10.9. The summed E-state index contributed by atoms with van der Waals surface area (Å²) >= 11 is 0. The fourth-order valence-electron chi connectivity index (χ4n) is 4.31. The molecule has 0 saturated carbocycles. The molecule has 0 amide bonds. The van der Waals surface area contributed by atoms with Crippen molar-refractivity contribution in [3.05, 3.63) is 88.4 Å². The molecule has 0 unspecified atom stereocenters. The Balaban J connectivity index is 1.48. The second-order valence-electron chi connectivity index (χ2n) is 9.03. The molecule has 1 aromatic heterocycles. The third-order valence-corrected chi connectivity index (χ3v) is 7.94. The van der Waals surface area contributed by atoms with Crippen LogP contribution in [0.1, 0.15) is 18.4 Å². The van der Waals surface area contributed by atoms with Gasteiger partial charge in [0.1, 0.15) is 23.5 Å². The Kier molecular flexibility index (Phi) is 7.46. The van der Waals surface area contributed by atoms with Gasteiger partial charge in [-0.25, -0.2) is 27.0 Å². The molecule has 1 aliphatic rings. The molecule has 5 rings (SSSR count). The fraction of sp³-hybridized carbons (Fsp3) is 0.231. The van der Waals surface area contributed by atoms with E-state index >= 15 is 0 Å². The third-order valence-electron chi connectivity index (χ3n) is 6.17. The molecule has 2 heterocycles. The quantitative estimate of drug-likeness (QED) is 0.221. The van der Waals surface area contributed by atoms with Crippen molar-refractivity contribution in [3.63, 3.8) is 0 Å². The molecule has 0 saturated heterocycles. The number of hydrogen-bond donors (Lipinski definition) is 1. The van der Waals surface area contributed by atoms with Gasteiger partial charge in [-0.2, -0.15) is 13.2 Å². The van der Waals surface area contributed by atoms with E-state index in [0.29, 0.717) is 18.6 Å². The topological polar surface area (TPSA) is 115 Å². The van der Waals surface area contributed by atoms with Gasteiger partial charge in [0, 0.05) is 6.07 Å². The van der Waals surface area contributed by atoms with Crippen molar-refractivity contribution in [1.82, 2.24) is 10.1 Å². The molecule has 0 fully saturated rings. The van der Waals surface area contributed by atoms with Crippen LogP contribution in [0.5, 0.6) is 11.8 Å². The summed E-state index contributed by atoms with van der Waals surface area (Å²) in [6, 6.07) is 10.2. The molecule has 41 heavy (non-hydrogen) atoms. The average molecular weight is 598 g/mol. The normalized spacial score (nSPS) is 15.3. The van der Waals surface area contributed by atoms with Crippen molar-refractivity contribution in [2.24, 2.45) is 0 Å². The number of rotatable bonds is 8. The molecule has 15 heteroatoms. The smallest absolute Gasteiger partial charge is 0.441 e. The van der Waals surface area contributed by atoms with Gasteiger partial charge in [-0.1, -0.05) is 12.1 Å². The maximum Gasteiger partial charge on any atom is 0.441 e. The number of anilines is 1. The lowest BCUT2D eigenvalue weighted by molar-refractivity contribution is -0.137. The Hall–Kier alpha value is -4.40. The number of fused-ring (bicyclic) bond motifs is 1. The molecule has 0 radical (unpaired) electrons. The monoisotopic (exact) mass is 597 g/mol. The molecule has 9 nitrogen and oxygen atoms in total. The average Bonchev–Trinajstić information content (AvgIpc) is 3.34. The standard InChI is InChI=1S/C26H20F5N3O6S/c27-18-9-16(10-19(28)13-18)15-6-7-23-22(11-15)34(41(36,37)21-5-1-3-17(12-21)26(29,30)31)14-20(39-23)4-2-8-38-24-32-25(35)40-33-24/h1,3,5-7,9-13,20H,2,4,8,14H2,(H,32,33,35)/t20-/m0/s1. The Morgan fingerprint density at radius 3 is 2.46 bits per heavy atom. The largest absolute Gasteiger partial charge is 0.486 e. The zero-order chi connectivity index (χ0) is 29.4. The van der Waals surface area contributed by atoms with Gasteiger partial charge >= 0.3 is 17.9 Å². The first kappa shape index (κ1) is 28.1. The zero-order valence-corrected chi connectivity index (χ0v) is 21.6. The molecule has 4 aromatic rings. The van der Waals surface area contributed by atoms with Crippen LogP contribution in [0.25, 0.3) is 11.1 Å². The predicted octanol–water partition coefficient (Wildman–Crippen LogP) is 5.14. The van der Waals surface area contributed by atoms with E-state index in [1.54, 1.807) is 0 Å².